The number of carbonyl (C=O) groups excluding carboxylic acids is 3. The van der Waals surface area contributed by atoms with Crippen LogP contribution in [-0.2, 0) is 20.7 Å². The lowest BCUT2D eigenvalue weighted by atomic mass is 9.95. The van der Waals surface area contributed by atoms with Gasteiger partial charge in [0.2, 0.25) is 17.8 Å². The molecule has 3 aromatic carbocycles. The van der Waals surface area contributed by atoms with Gasteiger partial charge in [-0.3, -0.25) is 24.6 Å². The number of nitrogens with zero attached hydrogens (tertiary/aromatic N) is 7. The van der Waals surface area contributed by atoms with Gasteiger partial charge in [0, 0.05) is 99.0 Å². The predicted molar refractivity (Wildman–Crippen MR) is 244 cm³/mol. The van der Waals surface area contributed by atoms with E-state index in [0.29, 0.717) is 58.7 Å². The molecule has 9 rings (SSSR count). The average molecular weight is 881 g/mol. The topological polar surface area (TPSA) is 156 Å². The molecule has 4 saturated heterocycles. The fourth-order valence-electron chi connectivity index (χ4n) is 9.62. The normalized spacial score (nSPS) is 20.5. The first-order chi connectivity index (χ1) is 29.9. The molecule has 4 aromatic rings. The van der Waals surface area contributed by atoms with E-state index in [4.69, 9.17) is 16.3 Å². The van der Waals surface area contributed by atoms with E-state index in [0.717, 1.165) is 86.8 Å². The second kappa shape index (κ2) is 17.5. The zero-order chi connectivity index (χ0) is 43.1. The summed E-state index contributed by atoms with van der Waals surface area (Å²) in [5, 5.41) is 10.00. The third-order valence-corrected chi connectivity index (χ3v) is 14.8. The lowest BCUT2D eigenvalue weighted by molar-refractivity contribution is -0.136. The maximum atomic E-state index is 13.1. The van der Waals surface area contributed by atoms with Crippen LogP contribution < -0.4 is 35.8 Å². The molecule has 3 N–H and O–H groups in total. The van der Waals surface area contributed by atoms with Crippen LogP contribution in [0.5, 0.6) is 5.75 Å². The molecule has 1 unspecified atom stereocenters. The molecule has 5 aliphatic rings. The van der Waals surface area contributed by atoms with E-state index < -0.39 is 13.2 Å². The minimum atomic E-state index is -2.54. The van der Waals surface area contributed by atoms with Crippen LogP contribution in [0.15, 0.2) is 66.9 Å². The molecule has 0 radical (unpaired) electrons. The van der Waals surface area contributed by atoms with Gasteiger partial charge in [0.05, 0.1) is 24.7 Å². The Balaban J connectivity index is 0.724. The highest BCUT2D eigenvalue weighted by Gasteiger charge is 2.40. The molecule has 4 fully saturated rings. The van der Waals surface area contributed by atoms with Crippen LogP contribution >= 0.6 is 18.7 Å². The minimum absolute atomic E-state index is 0.129. The average Bonchev–Trinajstić information content (AvgIpc) is 3.58. The Morgan fingerprint density at radius 3 is 2.35 bits per heavy atom. The van der Waals surface area contributed by atoms with E-state index in [9.17, 15) is 18.9 Å². The number of carbonyl (C=O) groups is 3. The zero-order valence-electron chi connectivity index (χ0n) is 35.5. The van der Waals surface area contributed by atoms with E-state index in [2.05, 4.69) is 63.7 Å². The van der Waals surface area contributed by atoms with Crippen molar-refractivity contribution in [3.8, 4) is 5.75 Å². The number of anilines is 6. The first-order valence-electron chi connectivity index (χ1n) is 21.5. The van der Waals surface area contributed by atoms with Crippen molar-refractivity contribution in [3.05, 3.63) is 83.0 Å². The van der Waals surface area contributed by atoms with Crippen molar-refractivity contribution in [2.45, 2.75) is 44.3 Å². The molecular formula is C45H54ClN10O5P. The lowest BCUT2D eigenvalue weighted by Crippen LogP contribution is -2.55. The summed E-state index contributed by atoms with van der Waals surface area (Å²) in [6, 6.07) is 19.7. The molecule has 0 saturated carbocycles. The summed E-state index contributed by atoms with van der Waals surface area (Å²) in [6.45, 7) is 13.1. The summed E-state index contributed by atoms with van der Waals surface area (Å²) < 4.78 is 18.7. The van der Waals surface area contributed by atoms with Gasteiger partial charge in [-0.05, 0) is 93.7 Å². The van der Waals surface area contributed by atoms with Gasteiger partial charge < -0.3 is 39.5 Å². The van der Waals surface area contributed by atoms with Crippen molar-refractivity contribution in [2.75, 3.05) is 99.8 Å². The highest BCUT2D eigenvalue weighted by atomic mass is 35.5. The largest absolute Gasteiger partial charge is 0.494 e. The van der Waals surface area contributed by atoms with Crippen LogP contribution in [0.3, 0.4) is 0 Å². The van der Waals surface area contributed by atoms with E-state index in [1.54, 1.807) is 25.3 Å². The third-order valence-electron chi connectivity index (χ3n) is 13.0. The number of para-hydroxylation sites is 1. The van der Waals surface area contributed by atoms with Gasteiger partial charge in [0.15, 0.2) is 5.82 Å². The van der Waals surface area contributed by atoms with E-state index >= 15 is 0 Å². The number of fused-ring (bicyclic) bond motifs is 1. The fourth-order valence-corrected chi connectivity index (χ4v) is 10.9. The van der Waals surface area contributed by atoms with Gasteiger partial charge in [0.1, 0.15) is 24.0 Å². The van der Waals surface area contributed by atoms with E-state index in [1.807, 2.05) is 42.5 Å². The van der Waals surface area contributed by atoms with Crippen LogP contribution in [0.25, 0.3) is 0 Å². The fraction of sp³-hybridized carbons (Fsp3) is 0.444. The maximum absolute atomic E-state index is 13.1. The number of methoxy groups -OCH3 is 1. The number of aromatic nitrogens is 2. The molecular weight excluding hydrogens is 827 g/mol. The quantitative estimate of drug-likeness (QED) is 0.124. The molecule has 1 aromatic heterocycles. The molecule has 1 atom stereocenters. The lowest BCUT2D eigenvalue weighted by Gasteiger charge is -2.46. The van der Waals surface area contributed by atoms with Gasteiger partial charge >= 0.3 is 0 Å². The molecule has 5 aliphatic heterocycles. The second-order valence-electron chi connectivity index (χ2n) is 17.5. The Hall–Kier alpha value is -5.21. The number of piperidine rings is 2. The summed E-state index contributed by atoms with van der Waals surface area (Å²) >= 11 is 6.49. The third kappa shape index (κ3) is 8.86. The summed E-state index contributed by atoms with van der Waals surface area (Å²) in [6.07, 6.45) is 4.53. The van der Waals surface area contributed by atoms with E-state index in [-0.39, 0.29) is 24.1 Å². The van der Waals surface area contributed by atoms with Crippen molar-refractivity contribution in [1.29, 1.82) is 0 Å². The van der Waals surface area contributed by atoms with Crippen molar-refractivity contribution >= 4 is 76.3 Å². The molecule has 0 bridgehead atoms. The number of imide groups is 1. The number of piperazine rings is 1. The van der Waals surface area contributed by atoms with Gasteiger partial charge in [-0.2, -0.15) is 4.98 Å². The van der Waals surface area contributed by atoms with Crippen molar-refractivity contribution in [2.24, 2.45) is 5.92 Å². The molecule has 326 valence electrons. The SMILES string of the molecule is COc1cc(N2CCN(C3CCN(CC4CN(c5ccc6c(c5)CN(C5CCC(=O)NC5=O)C6=O)C4)CC3)CC2)ccc1Nc1ncc(Cl)c(Nc2ccccc2P(C)(C)=O)n1. The Labute approximate surface area is 367 Å². The van der Waals surface area contributed by atoms with Crippen LogP contribution in [0.4, 0.5) is 34.5 Å². The summed E-state index contributed by atoms with van der Waals surface area (Å²) in [4.78, 5) is 58.0. The number of ether oxygens (including phenoxy) is 1. The molecule has 15 nitrogen and oxygen atoms in total. The number of hydrogen-bond acceptors (Lipinski definition) is 13. The highest BCUT2D eigenvalue weighted by molar-refractivity contribution is 7.70. The van der Waals surface area contributed by atoms with Crippen LogP contribution in [-0.4, -0.2) is 134 Å². The van der Waals surface area contributed by atoms with Crippen LogP contribution in [0, 0.1) is 5.92 Å². The van der Waals surface area contributed by atoms with Gasteiger partial charge in [-0.1, -0.05) is 23.7 Å². The molecule has 0 aliphatic carbocycles. The van der Waals surface area contributed by atoms with E-state index in [1.165, 1.54) is 19.0 Å². The number of hydrogen-bond donors (Lipinski definition) is 3. The maximum Gasteiger partial charge on any atom is 0.255 e. The zero-order valence-corrected chi connectivity index (χ0v) is 37.1. The molecule has 0 spiro atoms. The van der Waals surface area contributed by atoms with Crippen molar-refractivity contribution < 1.29 is 23.7 Å². The van der Waals surface area contributed by atoms with Crippen molar-refractivity contribution in [3.63, 3.8) is 0 Å². The first-order valence-corrected chi connectivity index (χ1v) is 24.5. The highest BCUT2D eigenvalue weighted by Crippen LogP contribution is 2.39. The first kappa shape index (κ1) is 42.1. The summed E-state index contributed by atoms with van der Waals surface area (Å²) in [7, 11) is -0.883. The number of benzene rings is 3. The Morgan fingerprint density at radius 2 is 1.61 bits per heavy atom. The smallest absolute Gasteiger partial charge is 0.255 e. The van der Waals surface area contributed by atoms with Gasteiger partial charge in [0.25, 0.3) is 5.91 Å². The Bertz CT molecular complexity index is 2410. The van der Waals surface area contributed by atoms with Crippen molar-refractivity contribution in [1.82, 2.24) is 30.0 Å². The Kier molecular flexibility index (Phi) is 11.9. The Morgan fingerprint density at radius 1 is 0.871 bits per heavy atom. The minimum Gasteiger partial charge on any atom is -0.494 e. The van der Waals surface area contributed by atoms with Gasteiger partial charge in [-0.15, -0.1) is 0 Å². The molecule has 6 heterocycles. The standard InChI is InChI=1S/C45H54ClN10O5P/c1-61-39-23-33(9-11-36(39)49-45-47-24-35(46)42(51-45)48-37-6-4-5-7-40(37)62(2,3)60)54-20-18-53(19-21-54)31-14-16-52(17-15-31)25-29-26-55(27-29)32-8-10-34-30(22-32)28-56(44(34)59)38-12-13-41(57)50-43(38)58/h4-11,22-24,29,31,38H,12-21,25-28H2,1-3H3,(H,50,57,58)(H2,47,48,49,51). The van der Waals surface area contributed by atoms with Gasteiger partial charge in [-0.25, -0.2) is 4.98 Å². The number of rotatable bonds is 12. The summed E-state index contributed by atoms with van der Waals surface area (Å²) in [5.41, 5.74) is 5.27. The number of likely N-dealkylation sites (tertiary alicyclic amines) is 1. The second-order valence-corrected chi connectivity index (χ2v) is 21.1. The molecule has 62 heavy (non-hydrogen) atoms. The van der Waals surface area contributed by atoms with Crippen LogP contribution in [0.1, 0.15) is 41.6 Å². The number of halogens is 1. The number of amides is 3. The predicted octanol–water partition coefficient (Wildman–Crippen LogP) is 5.36. The molecule has 17 heteroatoms. The number of nitrogens with one attached hydrogen (secondary N) is 3. The van der Waals surface area contributed by atoms with Crippen LogP contribution in [0.2, 0.25) is 5.02 Å². The summed E-state index contributed by atoms with van der Waals surface area (Å²) in [5.74, 6) is 1.28. The monoisotopic (exact) mass is 880 g/mol. The molecule has 3 amide bonds.